The molecule has 110 valence electrons. The summed E-state index contributed by atoms with van der Waals surface area (Å²) >= 11 is 0. The van der Waals surface area contributed by atoms with Gasteiger partial charge in [-0.15, -0.1) is 0 Å². The maximum absolute atomic E-state index is 12.8. The lowest BCUT2D eigenvalue weighted by atomic mass is 10.1. The Labute approximate surface area is 128 Å². The summed E-state index contributed by atoms with van der Waals surface area (Å²) in [5.74, 6) is 0.694. The van der Waals surface area contributed by atoms with Crippen molar-refractivity contribution in [3.05, 3.63) is 65.0 Å². The SMILES string of the molecule is CC=Cn1c(=O)c(-c2ccccc2)nc2ccc(OC)cc21. The van der Waals surface area contributed by atoms with E-state index < -0.39 is 0 Å². The Balaban J connectivity index is 2.38. The molecule has 0 aliphatic heterocycles. The molecule has 0 spiro atoms. The van der Waals surface area contributed by atoms with Crippen molar-refractivity contribution in [1.29, 1.82) is 0 Å². The van der Waals surface area contributed by atoms with Crippen molar-refractivity contribution in [1.82, 2.24) is 9.55 Å². The summed E-state index contributed by atoms with van der Waals surface area (Å²) in [5, 5.41) is 0. The molecular weight excluding hydrogens is 276 g/mol. The number of ether oxygens (including phenoxy) is 1. The van der Waals surface area contributed by atoms with E-state index in [-0.39, 0.29) is 5.56 Å². The summed E-state index contributed by atoms with van der Waals surface area (Å²) in [4.78, 5) is 17.3. The third kappa shape index (κ3) is 2.39. The minimum atomic E-state index is -0.148. The van der Waals surface area contributed by atoms with Crippen molar-refractivity contribution >= 4 is 17.2 Å². The van der Waals surface area contributed by atoms with Crippen LogP contribution in [0, 0.1) is 0 Å². The standard InChI is InChI=1S/C18H16N2O2/c1-3-11-20-16-12-14(22-2)9-10-15(16)19-17(18(20)21)13-7-5-4-6-8-13/h3-12H,1-2H3. The van der Waals surface area contributed by atoms with Crippen LogP contribution < -0.4 is 10.3 Å². The Morgan fingerprint density at radius 2 is 1.91 bits per heavy atom. The molecule has 22 heavy (non-hydrogen) atoms. The fourth-order valence-electron chi connectivity index (χ4n) is 2.39. The van der Waals surface area contributed by atoms with E-state index in [0.717, 1.165) is 16.6 Å². The Morgan fingerprint density at radius 1 is 1.14 bits per heavy atom. The maximum Gasteiger partial charge on any atom is 0.281 e. The van der Waals surface area contributed by atoms with Crippen LogP contribution in [0.1, 0.15) is 6.92 Å². The third-order valence-corrected chi connectivity index (χ3v) is 3.44. The molecule has 0 aliphatic carbocycles. The van der Waals surface area contributed by atoms with Gasteiger partial charge in [-0.25, -0.2) is 4.98 Å². The third-order valence-electron chi connectivity index (χ3n) is 3.44. The molecule has 0 aliphatic rings. The van der Waals surface area contributed by atoms with E-state index in [0.29, 0.717) is 11.4 Å². The van der Waals surface area contributed by atoms with Crippen molar-refractivity contribution in [3.63, 3.8) is 0 Å². The molecule has 4 nitrogen and oxygen atoms in total. The number of methoxy groups -OCH3 is 1. The zero-order valence-corrected chi connectivity index (χ0v) is 12.5. The number of allylic oxidation sites excluding steroid dienone is 1. The number of nitrogens with zero attached hydrogens (tertiary/aromatic N) is 2. The molecular formula is C18H16N2O2. The van der Waals surface area contributed by atoms with Gasteiger partial charge in [0.2, 0.25) is 0 Å². The second-order valence-corrected chi connectivity index (χ2v) is 4.84. The van der Waals surface area contributed by atoms with Gasteiger partial charge >= 0.3 is 0 Å². The normalized spacial score (nSPS) is 11.2. The zero-order chi connectivity index (χ0) is 15.5. The lowest BCUT2D eigenvalue weighted by molar-refractivity contribution is 0.415. The number of hydrogen-bond donors (Lipinski definition) is 0. The van der Waals surface area contributed by atoms with E-state index in [9.17, 15) is 4.79 Å². The average molecular weight is 292 g/mol. The van der Waals surface area contributed by atoms with Gasteiger partial charge in [0.25, 0.3) is 5.56 Å². The largest absolute Gasteiger partial charge is 0.497 e. The second kappa shape index (κ2) is 5.85. The molecule has 0 fully saturated rings. The minimum Gasteiger partial charge on any atom is -0.497 e. The van der Waals surface area contributed by atoms with Crippen molar-refractivity contribution in [2.45, 2.75) is 6.92 Å². The number of aromatic nitrogens is 2. The van der Waals surface area contributed by atoms with E-state index in [4.69, 9.17) is 4.74 Å². The van der Waals surface area contributed by atoms with E-state index >= 15 is 0 Å². The van der Waals surface area contributed by atoms with Crippen LogP contribution in [0.2, 0.25) is 0 Å². The van der Waals surface area contributed by atoms with Crippen LogP contribution in [0.4, 0.5) is 0 Å². The summed E-state index contributed by atoms with van der Waals surface area (Å²) in [5.41, 5.74) is 2.57. The smallest absolute Gasteiger partial charge is 0.281 e. The lowest BCUT2D eigenvalue weighted by Crippen LogP contribution is -2.20. The first-order chi connectivity index (χ1) is 10.7. The first kappa shape index (κ1) is 14.1. The molecule has 3 rings (SSSR count). The Morgan fingerprint density at radius 3 is 2.59 bits per heavy atom. The monoisotopic (exact) mass is 292 g/mol. The predicted molar refractivity (Wildman–Crippen MR) is 89.0 cm³/mol. The topological polar surface area (TPSA) is 44.1 Å². The molecule has 3 aromatic rings. The fraction of sp³-hybridized carbons (Fsp3) is 0.111. The van der Waals surface area contributed by atoms with Crippen molar-refractivity contribution in [2.75, 3.05) is 7.11 Å². The first-order valence-electron chi connectivity index (χ1n) is 7.03. The summed E-state index contributed by atoms with van der Waals surface area (Å²) in [6, 6.07) is 15.0. The zero-order valence-electron chi connectivity index (χ0n) is 12.5. The number of hydrogen-bond acceptors (Lipinski definition) is 3. The van der Waals surface area contributed by atoms with Crippen LogP contribution >= 0.6 is 0 Å². The van der Waals surface area contributed by atoms with Crippen LogP contribution in [0.15, 0.2) is 59.4 Å². The van der Waals surface area contributed by atoms with Gasteiger partial charge in [-0.3, -0.25) is 9.36 Å². The molecule has 0 bridgehead atoms. The molecule has 0 amide bonds. The van der Waals surface area contributed by atoms with Crippen LogP contribution in [-0.2, 0) is 0 Å². The van der Waals surface area contributed by atoms with Gasteiger partial charge in [0.15, 0.2) is 0 Å². The van der Waals surface area contributed by atoms with Gasteiger partial charge in [0.1, 0.15) is 11.4 Å². The predicted octanol–water partition coefficient (Wildman–Crippen LogP) is 3.56. The van der Waals surface area contributed by atoms with E-state index in [1.54, 1.807) is 17.9 Å². The van der Waals surface area contributed by atoms with E-state index in [2.05, 4.69) is 4.98 Å². The summed E-state index contributed by atoms with van der Waals surface area (Å²) in [7, 11) is 1.60. The Bertz CT molecular complexity index is 896. The molecule has 0 N–H and O–H groups in total. The van der Waals surface area contributed by atoms with Gasteiger partial charge in [-0.2, -0.15) is 0 Å². The molecule has 4 heteroatoms. The Hall–Kier alpha value is -2.88. The average Bonchev–Trinajstić information content (AvgIpc) is 2.57. The lowest BCUT2D eigenvalue weighted by Gasteiger charge is -2.10. The van der Waals surface area contributed by atoms with Gasteiger partial charge < -0.3 is 4.74 Å². The molecule has 1 aromatic heterocycles. The molecule has 1 heterocycles. The highest BCUT2D eigenvalue weighted by atomic mass is 16.5. The van der Waals surface area contributed by atoms with E-state index in [1.165, 1.54) is 0 Å². The molecule has 0 atom stereocenters. The number of benzene rings is 2. The first-order valence-corrected chi connectivity index (χ1v) is 7.03. The van der Waals surface area contributed by atoms with Crippen LogP contribution in [0.3, 0.4) is 0 Å². The second-order valence-electron chi connectivity index (χ2n) is 4.84. The highest BCUT2D eigenvalue weighted by Gasteiger charge is 2.12. The van der Waals surface area contributed by atoms with Crippen LogP contribution in [0.25, 0.3) is 28.5 Å². The maximum atomic E-state index is 12.8. The number of fused-ring (bicyclic) bond motifs is 1. The molecule has 0 radical (unpaired) electrons. The molecule has 2 aromatic carbocycles. The van der Waals surface area contributed by atoms with Crippen molar-refractivity contribution < 1.29 is 4.74 Å². The summed E-state index contributed by atoms with van der Waals surface area (Å²) < 4.78 is 6.85. The molecule has 0 saturated carbocycles. The quantitative estimate of drug-likeness (QED) is 0.741. The van der Waals surface area contributed by atoms with Crippen LogP contribution in [0.5, 0.6) is 5.75 Å². The summed E-state index contributed by atoms with van der Waals surface area (Å²) in [6.45, 7) is 1.88. The Kier molecular flexibility index (Phi) is 3.74. The van der Waals surface area contributed by atoms with Gasteiger partial charge in [0, 0.05) is 17.8 Å². The van der Waals surface area contributed by atoms with E-state index in [1.807, 2.05) is 61.5 Å². The van der Waals surface area contributed by atoms with Crippen LogP contribution in [-0.4, -0.2) is 16.7 Å². The van der Waals surface area contributed by atoms with Crippen molar-refractivity contribution in [3.8, 4) is 17.0 Å². The molecule has 0 saturated heterocycles. The fourth-order valence-corrected chi connectivity index (χ4v) is 2.39. The summed E-state index contributed by atoms with van der Waals surface area (Å²) in [6.07, 6.45) is 3.58. The van der Waals surface area contributed by atoms with Gasteiger partial charge in [-0.05, 0) is 19.1 Å². The molecule has 0 unspecified atom stereocenters. The minimum absolute atomic E-state index is 0.148. The van der Waals surface area contributed by atoms with Gasteiger partial charge in [0.05, 0.1) is 18.1 Å². The van der Waals surface area contributed by atoms with Crippen molar-refractivity contribution in [2.24, 2.45) is 0 Å². The number of rotatable bonds is 3. The highest BCUT2D eigenvalue weighted by molar-refractivity contribution is 5.81. The highest BCUT2D eigenvalue weighted by Crippen LogP contribution is 2.21. The van der Waals surface area contributed by atoms with Gasteiger partial charge in [-0.1, -0.05) is 36.4 Å².